The summed E-state index contributed by atoms with van der Waals surface area (Å²) in [7, 11) is 0. The Morgan fingerprint density at radius 1 is 1.33 bits per heavy atom. The van der Waals surface area contributed by atoms with Crippen LogP contribution in [0.3, 0.4) is 0 Å². The van der Waals surface area contributed by atoms with Gasteiger partial charge in [-0.25, -0.2) is 4.98 Å². The molecule has 0 aromatic carbocycles. The van der Waals surface area contributed by atoms with Gasteiger partial charge >= 0.3 is 0 Å². The molecular formula is C11H7Cl3N2OS. The molecule has 18 heavy (non-hydrogen) atoms. The fraction of sp³-hybridized carbons (Fsp3) is 0.0909. The van der Waals surface area contributed by atoms with E-state index < -0.39 is 0 Å². The minimum absolute atomic E-state index is 0.324. The SMILES string of the molecule is Cc1nc(Cl)ccc1NC(=O)c1cc(Cl)sc1Cl. The van der Waals surface area contributed by atoms with Crippen molar-refractivity contribution in [2.45, 2.75) is 6.92 Å². The second kappa shape index (κ2) is 5.45. The Labute approximate surface area is 123 Å². The van der Waals surface area contributed by atoms with E-state index in [-0.39, 0.29) is 5.91 Å². The van der Waals surface area contributed by atoms with Crippen molar-refractivity contribution in [1.82, 2.24) is 4.98 Å². The summed E-state index contributed by atoms with van der Waals surface area (Å²) < 4.78 is 0.827. The van der Waals surface area contributed by atoms with E-state index >= 15 is 0 Å². The number of aryl methyl sites for hydroxylation is 1. The van der Waals surface area contributed by atoms with Crippen molar-refractivity contribution in [2.24, 2.45) is 0 Å². The molecule has 0 unspecified atom stereocenters. The highest BCUT2D eigenvalue weighted by Crippen LogP contribution is 2.31. The standard InChI is InChI=1S/C11H7Cl3N2OS/c1-5-7(2-3-8(12)15-5)16-11(17)6-4-9(13)18-10(6)14/h2-4H,1H3,(H,16,17). The van der Waals surface area contributed by atoms with E-state index in [2.05, 4.69) is 10.3 Å². The summed E-state index contributed by atoms with van der Waals surface area (Å²) in [5.41, 5.74) is 1.57. The number of amides is 1. The Morgan fingerprint density at radius 3 is 2.61 bits per heavy atom. The summed E-state index contributed by atoms with van der Waals surface area (Å²) in [6.07, 6.45) is 0. The van der Waals surface area contributed by atoms with E-state index in [4.69, 9.17) is 34.8 Å². The van der Waals surface area contributed by atoms with Crippen LogP contribution >= 0.6 is 46.1 Å². The average molecular weight is 322 g/mol. The molecule has 0 saturated heterocycles. The number of nitrogens with one attached hydrogen (secondary N) is 1. The number of hydrogen-bond acceptors (Lipinski definition) is 3. The number of pyridine rings is 1. The van der Waals surface area contributed by atoms with Crippen LogP contribution in [-0.2, 0) is 0 Å². The van der Waals surface area contributed by atoms with Gasteiger partial charge in [-0.1, -0.05) is 34.8 Å². The topological polar surface area (TPSA) is 42.0 Å². The monoisotopic (exact) mass is 320 g/mol. The van der Waals surface area contributed by atoms with Gasteiger partial charge in [-0.15, -0.1) is 11.3 Å². The minimum Gasteiger partial charge on any atom is -0.320 e. The van der Waals surface area contributed by atoms with E-state index in [0.717, 1.165) is 11.3 Å². The summed E-state index contributed by atoms with van der Waals surface area (Å²) in [6.45, 7) is 1.75. The molecule has 2 aromatic heterocycles. The number of aromatic nitrogens is 1. The number of anilines is 1. The van der Waals surface area contributed by atoms with Crippen LogP contribution < -0.4 is 5.32 Å². The number of thiophene rings is 1. The molecule has 3 nitrogen and oxygen atoms in total. The summed E-state index contributed by atoms with van der Waals surface area (Å²) in [5, 5.41) is 3.09. The molecule has 0 atom stereocenters. The highest BCUT2D eigenvalue weighted by molar-refractivity contribution is 7.20. The Hall–Kier alpha value is -0.810. The first kappa shape index (κ1) is 13.6. The predicted octanol–water partition coefficient (Wildman–Crippen LogP) is 4.66. The molecule has 7 heteroatoms. The molecule has 0 fully saturated rings. The fourth-order valence-corrected chi connectivity index (χ4v) is 3.00. The average Bonchev–Trinajstić information content (AvgIpc) is 2.62. The number of rotatable bonds is 2. The lowest BCUT2D eigenvalue weighted by Gasteiger charge is -2.07. The van der Waals surface area contributed by atoms with Crippen LogP contribution in [0.15, 0.2) is 18.2 Å². The quantitative estimate of drug-likeness (QED) is 0.817. The third kappa shape index (κ3) is 2.95. The van der Waals surface area contributed by atoms with Crippen LogP contribution in [0.4, 0.5) is 5.69 Å². The number of nitrogens with zero attached hydrogens (tertiary/aromatic N) is 1. The molecule has 1 amide bonds. The van der Waals surface area contributed by atoms with Crippen molar-refractivity contribution in [3.8, 4) is 0 Å². The molecule has 0 radical (unpaired) electrons. The Kier molecular flexibility index (Phi) is 4.12. The van der Waals surface area contributed by atoms with Gasteiger partial charge in [-0.3, -0.25) is 4.79 Å². The first-order valence-corrected chi connectivity index (χ1v) is 6.81. The summed E-state index contributed by atoms with van der Waals surface area (Å²) in [4.78, 5) is 16.0. The lowest BCUT2D eigenvalue weighted by atomic mass is 10.2. The Bertz CT molecular complexity index is 612. The molecule has 2 rings (SSSR count). The van der Waals surface area contributed by atoms with Crippen LogP contribution in [0, 0.1) is 6.92 Å². The third-order valence-electron chi connectivity index (χ3n) is 2.20. The number of halogens is 3. The van der Waals surface area contributed by atoms with Crippen LogP contribution in [-0.4, -0.2) is 10.9 Å². The predicted molar refractivity (Wildman–Crippen MR) is 76.3 cm³/mol. The summed E-state index contributed by atoms with van der Waals surface area (Å²) in [6, 6.07) is 4.82. The first-order chi connectivity index (χ1) is 8.47. The maximum Gasteiger partial charge on any atom is 0.258 e. The van der Waals surface area contributed by atoms with Crippen LogP contribution in [0.2, 0.25) is 13.8 Å². The zero-order valence-corrected chi connectivity index (χ0v) is 12.2. The van der Waals surface area contributed by atoms with E-state index in [1.54, 1.807) is 19.1 Å². The second-order valence-corrected chi connectivity index (χ2v) is 6.13. The van der Waals surface area contributed by atoms with E-state index in [0.29, 0.717) is 30.8 Å². The van der Waals surface area contributed by atoms with Crippen molar-refractivity contribution in [2.75, 3.05) is 5.32 Å². The van der Waals surface area contributed by atoms with E-state index in [9.17, 15) is 4.79 Å². The van der Waals surface area contributed by atoms with Gasteiger partial charge in [-0.05, 0) is 25.1 Å². The largest absolute Gasteiger partial charge is 0.320 e. The second-order valence-electron chi connectivity index (χ2n) is 3.46. The van der Waals surface area contributed by atoms with Gasteiger partial charge in [0.2, 0.25) is 0 Å². The lowest BCUT2D eigenvalue weighted by molar-refractivity contribution is 0.102. The molecule has 0 spiro atoms. The maximum atomic E-state index is 12.0. The molecular weight excluding hydrogens is 315 g/mol. The zero-order valence-electron chi connectivity index (χ0n) is 9.13. The van der Waals surface area contributed by atoms with Crippen molar-refractivity contribution in [3.63, 3.8) is 0 Å². The van der Waals surface area contributed by atoms with Gasteiger partial charge in [0.25, 0.3) is 5.91 Å². The minimum atomic E-state index is -0.324. The van der Waals surface area contributed by atoms with Crippen LogP contribution in [0.25, 0.3) is 0 Å². The van der Waals surface area contributed by atoms with Crippen LogP contribution in [0.1, 0.15) is 16.1 Å². The van der Waals surface area contributed by atoms with E-state index in [1.165, 1.54) is 6.07 Å². The molecule has 2 aromatic rings. The number of hydrogen-bond donors (Lipinski definition) is 1. The Balaban J connectivity index is 2.24. The molecule has 0 aliphatic rings. The Morgan fingerprint density at radius 2 is 2.06 bits per heavy atom. The third-order valence-corrected chi connectivity index (χ3v) is 3.90. The van der Waals surface area contributed by atoms with Gasteiger partial charge in [-0.2, -0.15) is 0 Å². The number of carbonyl (C=O) groups is 1. The number of carbonyl (C=O) groups excluding carboxylic acids is 1. The van der Waals surface area contributed by atoms with Gasteiger partial charge in [0.1, 0.15) is 9.49 Å². The van der Waals surface area contributed by atoms with Gasteiger partial charge in [0, 0.05) is 0 Å². The maximum absolute atomic E-state index is 12.0. The zero-order chi connectivity index (χ0) is 13.3. The van der Waals surface area contributed by atoms with Crippen LogP contribution in [0.5, 0.6) is 0 Å². The fourth-order valence-electron chi connectivity index (χ4n) is 1.35. The molecule has 0 saturated carbocycles. The van der Waals surface area contributed by atoms with Crippen molar-refractivity contribution in [3.05, 3.63) is 43.3 Å². The molecule has 2 heterocycles. The lowest BCUT2D eigenvalue weighted by Crippen LogP contribution is -2.12. The highest BCUT2D eigenvalue weighted by atomic mass is 35.5. The first-order valence-electron chi connectivity index (χ1n) is 4.86. The smallest absolute Gasteiger partial charge is 0.258 e. The summed E-state index contributed by atoms with van der Waals surface area (Å²) in [5.74, 6) is -0.324. The van der Waals surface area contributed by atoms with Crippen molar-refractivity contribution >= 4 is 57.7 Å². The van der Waals surface area contributed by atoms with Crippen molar-refractivity contribution < 1.29 is 4.79 Å². The van der Waals surface area contributed by atoms with Crippen molar-refractivity contribution in [1.29, 1.82) is 0 Å². The normalized spacial score (nSPS) is 10.4. The molecule has 0 bridgehead atoms. The molecule has 0 aliphatic carbocycles. The molecule has 0 aliphatic heterocycles. The van der Waals surface area contributed by atoms with Gasteiger partial charge in [0.15, 0.2) is 0 Å². The van der Waals surface area contributed by atoms with Gasteiger partial charge in [0.05, 0.1) is 21.3 Å². The summed E-state index contributed by atoms with van der Waals surface area (Å²) >= 11 is 18.6. The van der Waals surface area contributed by atoms with Gasteiger partial charge < -0.3 is 5.32 Å². The molecule has 94 valence electrons. The highest BCUT2D eigenvalue weighted by Gasteiger charge is 2.15. The van der Waals surface area contributed by atoms with E-state index in [1.807, 2.05) is 0 Å². The molecule has 1 N–H and O–H groups in total.